The van der Waals surface area contributed by atoms with Gasteiger partial charge in [-0.05, 0) is 12.8 Å². The van der Waals surface area contributed by atoms with Crippen molar-refractivity contribution in [2.24, 2.45) is 12.5 Å². The van der Waals surface area contributed by atoms with Crippen molar-refractivity contribution in [3.8, 4) is 0 Å². The lowest BCUT2D eigenvalue weighted by Gasteiger charge is -2.13. The van der Waals surface area contributed by atoms with Gasteiger partial charge in [0.25, 0.3) is 10.0 Å². The second-order valence-corrected chi connectivity index (χ2v) is 6.49. The maximum Gasteiger partial charge on any atom is 0.259 e. The van der Waals surface area contributed by atoms with E-state index in [0.29, 0.717) is 0 Å². The maximum atomic E-state index is 12.0. The zero-order valence-corrected chi connectivity index (χ0v) is 10.9. The largest absolute Gasteiger partial charge is 0.396 e. The lowest BCUT2D eigenvalue weighted by Crippen LogP contribution is -2.33. The number of hydrogen-bond acceptors (Lipinski definition) is 4. The molecule has 1 aromatic rings. The summed E-state index contributed by atoms with van der Waals surface area (Å²) in [7, 11) is -2.16. The zero-order chi connectivity index (χ0) is 12.7. The summed E-state index contributed by atoms with van der Waals surface area (Å²) < 4.78 is 27.6. The van der Waals surface area contributed by atoms with Crippen LogP contribution in [0.1, 0.15) is 12.8 Å². The SMILES string of the molecule is Cn1ncc(Cl)c1S(=O)(=O)NCC1(CO)CC1. The molecule has 17 heavy (non-hydrogen) atoms. The summed E-state index contributed by atoms with van der Waals surface area (Å²) >= 11 is 5.78. The fourth-order valence-corrected chi connectivity index (χ4v) is 3.39. The van der Waals surface area contributed by atoms with E-state index in [0.717, 1.165) is 12.8 Å². The van der Waals surface area contributed by atoms with Gasteiger partial charge >= 0.3 is 0 Å². The standard InChI is InChI=1S/C9H14ClN3O3S/c1-13-8(7(10)4-11-13)17(15,16)12-5-9(6-14)2-3-9/h4,12,14H,2-3,5-6H2,1H3. The van der Waals surface area contributed by atoms with Gasteiger partial charge in [-0.15, -0.1) is 0 Å². The van der Waals surface area contributed by atoms with E-state index in [9.17, 15) is 8.42 Å². The van der Waals surface area contributed by atoms with Crippen molar-refractivity contribution in [2.75, 3.05) is 13.2 Å². The minimum atomic E-state index is -3.67. The molecule has 1 aliphatic rings. The van der Waals surface area contributed by atoms with Gasteiger partial charge in [0.2, 0.25) is 0 Å². The molecule has 0 aliphatic heterocycles. The lowest BCUT2D eigenvalue weighted by atomic mass is 10.1. The van der Waals surface area contributed by atoms with Crippen LogP contribution in [0.25, 0.3) is 0 Å². The van der Waals surface area contributed by atoms with Crippen LogP contribution in [0.4, 0.5) is 0 Å². The lowest BCUT2D eigenvalue weighted by molar-refractivity contribution is 0.213. The molecule has 0 radical (unpaired) electrons. The minimum absolute atomic E-state index is 0.00532. The van der Waals surface area contributed by atoms with Crippen LogP contribution in [0, 0.1) is 5.41 Å². The first-order chi connectivity index (χ1) is 7.90. The Morgan fingerprint density at radius 3 is 2.71 bits per heavy atom. The molecule has 1 saturated carbocycles. The predicted molar refractivity (Wildman–Crippen MR) is 62.2 cm³/mol. The van der Waals surface area contributed by atoms with Crippen molar-refractivity contribution in [1.29, 1.82) is 0 Å². The van der Waals surface area contributed by atoms with Gasteiger partial charge < -0.3 is 5.11 Å². The quantitative estimate of drug-likeness (QED) is 0.802. The fraction of sp³-hybridized carbons (Fsp3) is 0.667. The van der Waals surface area contributed by atoms with Gasteiger partial charge in [-0.3, -0.25) is 4.68 Å². The van der Waals surface area contributed by atoms with E-state index < -0.39 is 10.0 Å². The molecular weight excluding hydrogens is 266 g/mol. The van der Waals surface area contributed by atoms with Gasteiger partial charge in [-0.1, -0.05) is 11.6 Å². The topological polar surface area (TPSA) is 84.2 Å². The van der Waals surface area contributed by atoms with Crippen LogP contribution in [-0.4, -0.2) is 36.5 Å². The van der Waals surface area contributed by atoms with Crippen LogP contribution in [0.2, 0.25) is 5.02 Å². The van der Waals surface area contributed by atoms with E-state index in [-0.39, 0.29) is 28.6 Å². The Hall–Kier alpha value is -0.630. The van der Waals surface area contributed by atoms with Crippen molar-refractivity contribution in [2.45, 2.75) is 17.9 Å². The highest BCUT2D eigenvalue weighted by atomic mass is 35.5. The van der Waals surface area contributed by atoms with Gasteiger partial charge in [0.05, 0.1) is 11.2 Å². The molecule has 2 rings (SSSR count). The Balaban J connectivity index is 2.15. The summed E-state index contributed by atoms with van der Waals surface area (Å²) in [5.41, 5.74) is -0.280. The number of aryl methyl sites for hydroxylation is 1. The Kier molecular flexibility index (Phi) is 3.19. The summed E-state index contributed by atoms with van der Waals surface area (Å²) in [5, 5.41) is 12.9. The molecule has 0 aromatic carbocycles. The van der Waals surface area contributed by atoms with E-state index in [2.05, 4.69) is 9.82 Å². The molecule has 96 valence electrons. The summed E-state index contributed by atoms with van der Waals surface area (Å²) in [6, 6.07) is 0. The number of nitrogens with one attached hydrogen (secondary N) is 1. The average molecular weight is 280 g/mol. The molecule has 0 saturated heterocycles. The molecule has 0 atom stereocenters. The molecule has 1 aliphatic carbocycles. The van der Waals surface area contributed by atoms with Gasteiger partial charge in [-0.2, -0.15) is 5.10 Å². The summed E-state index contributed by atoms with van der Waals surface area (Å²) in [6.07, 6.45) is 2.96. The van der Waals surface area contributed by atoms with E-state index in [4.69, 9.17) is 16.7 Å². The Morgan fingerprint density at radius 1 is 1.65 bits per heavy atom. The molecule has 2 N–H and O–H groups in total. The van der Waals surface area contributed by atoms with Crippen LogP contribution in [0.5, 0.6) is 0 Å². The van der Waals surface area contributed by atoms with Crippen LogP contribution in [-0.2, 0) is 17.1 Å². The smallest absolute Gasteiger partial charge is 0.259 e. The number of aliphatic hydroxyl groups is 1. The first-order valence-electron chi connectivity index (χ1n) is 5.18. The highest BCUT2D eigenvalue weighted by molar-refractivity contribution is 7.89. The second kappa shape index (κ2) is 4.24. The highest BCUT2D eigenvalue weighted by Crippen LogP contribution is 2.44. The summed E-state index contributed by atoms with van der Waals surface area (Å²) in [6.45, 7) is 0.224. The van der Waals surface area contributed by atoms with Gasteiger partial charge in [-0.25, -0.2) is 13.1 Å². The van der Waals surface area contributed by atoms with Gasteiger partial charge in [0.1, 0.15) is 0 Å². The molecule has 1 fully saturated rings. The predicted octanol–water partition coefficient (Wildman–Crippen LogP) is 0.124. The van der Waals surface area contributed by atoms with Crippen molar-refractivity contribution in [1.82, 2.24) is 14.5 Å². The van der Waals surface area contributed by atoms with Crippen molar-refractivity contribution < 1.29 is 13.5 Å². The molecule has 1 aromatic heterocycles. The average Bonchev–Trinajstić information content (AvgIpc) is 2.97. The minimum Gasteiger partial charge on any atom is -0.396 e. The number of sulfonamides is 1. The molecule has 0 spiro atoms. The molecular formula is C9H14ClN3O3S. The second-order valence-electron chi connectivity index (χ2n) is 4.40. The van der Waals surface area contributed by atoms with Crippen LogP contribution < -0.4 is 4.72 Å². The first kappa shape index (κ1) is 12.8. The van der Waals surface area contributed by atoms with Gasteiger partial charge in [0, 0.05) is 25.6 Å². The molecule has 6 nitrogen and oxygen atoms in total. The van der Waals surface area contributed by atoms with Gasteiger partial charge in [0.15, 0.2) is 5.03 Å². The highest BCUT2D eigenvalue weighted by Gasteiger charge is 2.43. The normalized spacial score (nSPS) is 18.3. The maximum absolute atomic E-state index is 12.0. The number of aromatic nitrogens is 2. The monoisotopic (exact) mass is 279 g/mol. The number of rotatable bonds is 5. The third-order valence-corrected chi connectivity index (χ3v) is 4.93. The van der Waals surface area contributed by atoms with Crippen LogP contribution >= 0.6 is 11.6 Å². The Labute approximate surface area is 105 Å². The van der Waals surface area contributed by atoms with E-state index in [1.165, 1.54) is 17.9 Å². The van der Waals surface area contributed by atoms with Crippen LogP contribution in [0.3, 0.4) is 0 Å². The summed E-state index contributed by atoms with van der Waals surface area (Å²) in [4.78, 5) is 0. The number of hydrogen-bond donors (Lipinski definition) is 2. The summed E-state index contributed by atoms with van der Waals surface area (Å²) in [5.74, 6) is 0. The molecule has 0 amide bonds. The third kappa shape index (κ3) is 2.47. The van der Waals surface area contributed by atoms with Crippen LogP contribution in [0.15, 0.2) is 11.2 Å². The van der Waals surface area contributed by atoms with Crippen molar-refractivity contribution in [3.63, 3.8) is 0 Å². The van der Waals surface area contributed by atoms with Crippen molar-refractivity contribution in [3.05, 3.63) is 11.2 Å². The van der Waals surface area contributed by atoms with E-state index in [1.54, 1.807) is 0 Å². The third-order valence-electron chi connectivity index (χ3n) is 3.03. The molecule has 0 bridgehead atoms. The number of aliphatic hydroxyl groups excluding tert-OH is 1. The molecule has 8 heteroatoms. The first-order valence-corrected chi connectivity index (χ1v) is 7.04. The molecule has 1 heterocycles. The zero-order valence-electron chi connectivity index (χ0n) is 9.35. The van der Waals surface area contributed by atoms with E-state index in [1.807, 2.05) is 0 Å². The number of nitrogens with zero attached hydrogens (tertiary/aromatic N) is 2. The van der Waals surface area contributed by atoms with Crippen molar-refractivity contribution >= 4 is 21.6 Å². The Bertz CT molecular complexity index is 502. The Morgan fingerprint density at radius 2 is 2.29 bits per heavy atom. The number of halogens is 1. The van der Waals surface area contributed by atoms with E-state index >= 15 is 0 Å². The fourth-order valence-electron chi connectivity index (χ4n) is 1.59. The molecule has 0 unspecified atom stereocenters.